The van der Waals surface area contributed by atoms with Crippen LogP contribution in [0.2, 0.25) is 0 Å². The van der Waals surface area contributed by atoms with Gasteiger partial charge in [0.25, 0.3) is 0 Å². The van der Waals surface area contributed by atoms with Crippen molar-refractivity contribution in [3.05, 3.63) is 28.0 Å². The number of carboxylic acids is 1. The fourth-order valence-corrected chi connectivity index (χ4v) is 2.67. The number of amides is 1. The van der Waals surface area contributed by atoms with Crippen LogP contribution in [-0.4, -0.2) is 32.3 Å². The van der Waals surface area contributed by atoms with Crippen molar-refractivity contribution in [1.29, 1.82) is 0 Å². The van der Waals surface area contributed by atoms with E-state index in [9.17, 15) is 24.8 Å². The number of hydrogen-bond acceptors (Lipinski definition) is 5. The monoisotopic (exact) mass is 296 g/mol. The van der Waals surface area contributed by atoms with E-state index in [4.69, 9.17) is 4.42 Å². The van der Waals surface area contributed by atoms with Gasteiger partial charge in [0.05, 0.1) is 12.0 Å². The van der Waals surface area contributed by atoms with Crippen LogP contribution in [0.4, 0.5) is 5.88 Å². The van der Waals surface area contributed by atoms with Crippen molar-refractivity contribution in [2.75, 3.05) is 0 Å². The van der Waals surface area contributed by atoms with Gasteiger partial charge in [0.2, 0.25) is 5.91 Å². The number of likely N-dealkylation sites (tertiary alicyclic amines) is 1. The summed E-state index contributed by atoms with van der Waals surface area (Å²) in [5.74, 6) is -2.77. The van der Waals surface area contributed by atoms with E-state index in [0.717, 1.165) is 6.07 Å². The van der Waals surface area contributed by atoms with Gasteiger partial charge in [0.1, 0.15) is 16.7 Å². The highest BCUT2D eigenvalue weighted by atomic mass is 16.6. The molecule has 1 fully saturated rings. The number of rotatable bonds is 3. The maximum Gasteiger partial charge on any atom is 0.433 e. The SMILES string of the molecule is CC(C)(C)N1C(=O)CC(C(=O)O)C1c1ccc([N+](=O)[O-])o1. The molecule has 2 rings (SSSR count). The molecule has 21 heavy (non-hydrogen) atoms. The van der Waals surface area contributed by atoms with Crippen LogP contribution in [0.5, 0.6) is 0 Å². The fraction of sp³-hybridized carbons (Fsp3) is 0.538. The van der Waals surface area contributed by atoms with E-state index >= 15 is 0 Å². The van der Waals surface area contributed by atoms with Gasteiger partial charge in [-0.2, -0.15) is 0 Å². The van der Waals surface area contributed by atoms with Crippen LogP contribution in [0.3, 0.4) is 0 Å². The standard InChI is InChI=1S/C13H16N2O6/c1-13(2,3)14-9(16)6-7(12(17)18)11(14)8-4-5-10(21-8)15(19)20/h4-5,7,11H,6H2,1-3H3,(H,17,18). The molecule has 0 aliphatic carbocycles. The molecule has 0 spiro atoms. The zero-order valence-corrected chi connectivity index (χ0v) is 11.9. The summed E-state index contributed by atoms with van der Waals surface area (Å²) in [6, 6.07) is 1.68. The zero-order valence-electron chi connectivity index (χ0n) is 11.9. The Labute approximate surface area is 120 Å². The van der Waals surface area contributed by atoms with Gasteiger partial charge in [-0.15, -0.1) is 0 Å². The fourth-order valence-electron chi connectivity index (χ4n) is 2.67. The number of nitro groups is 1. The Morgan fingerprint density at radius 2 is 2.10 bits per heavy atom. The van der Waals surface area contributed by atoms with E-state index in [-0.39, 0.29) is 18.1 Å². The van der Waals surface area contributed by atoms with E-state index in [1.54, 1.807) is 20.8 Å². The minimum absolute atomic E-state index is 0.120. The summed E-state index contributed by atoms with van der Waals surface area (Å²) in [5.41, 5.74) is -0.618. The topological polar surface area (TPSA) is 114 Å². The summed E-state index contributed by atoms with van der Waals surface area (Å²) >= 11 is 0. The maximum absolute atomic E-state index is 12.1. The lowest BCUT2D eigenvalue weighted by Gasteiger charge is -2.37. The van der Waals surface area contributed by atoms with Crippen LogP contribution < -0.4 is 0 Å². The van der Waals surface area contributed by atoms with Crippen LogP contribution in [-0.2, 0) is 9.59 Å². The van der Waals surface area contributed by atoms with Crippen molar-refractivity contribution >= 4 is 17.8 Å². The van der Waals surface area contributed by atoms with Gasteiger partial charge < -0.3 is 14.4 Å². The van der Waals surface area contributed by atoms with E-state index in [0.29, 0.717) is 0 Å². The Balaban J connectivity index is 2.48. The second kappa shape index (κ2) is 4.87. The van der Waals surface area contributed by atoms with E-state index in [1.165, 1.54) is 11.0 Å². The molecule has 2 atom stereocenters. The first-order valence-electron chi connectivity index (χ1n) is 6.42. The molecule has 2 heterocycles. The van der Waals surface area contributed by atoms with Crippen molar-refractivity contribution < 1.29 is 24.0 Å². The number of nitrogens with zero attached hydrogens (tertiary/aromatic N) is 2. The minimum Gasteiger partial charge on any atom is -0.481 e. The quantitative estimate of drug-likeness (QED) is 0.673. The average molecular weight is 296 g/mol. The molecule has 0 bridgehead atoms. The molecule has 1 saturated heterocycles. The van der Waals surface area contributed by atoms with Crippen molar-refractivity contribution in [2.24, 2.45) is 5.92 Å². The molecule has 1 aromatic heterocycles. The van der Waals surface area contributed by atoms with Crippen molar-refractivity contribution in [3.63, 3.8) is 0 Å². The van der Waals surface area contributed by atoms with Gasteiger partial charge in [0, 0.05) is 12.0 Å². The third kappa shape index (κ3) is 2.61. The Bertz CT molecular complexity index is 600. The number of carbonyl (C=O) groups excluding carboxylic acids is 1. The number of carbonyl (C=O) groups is 2. The third-order valence-corrected chi connectivity index (χ3v) is 3.45. The largest absolute Gasteiger partial charge is 0.481 e. The number of furan rings is 1. The van der Waals surface area contributed by atoms with Gasteiger partial charge in [-0.1, -0.05) is 0 Å². The molecule has 1 aliphatic heterocycles. The zero-order chi connectivity index (χ0) is 15.9. The van der Waals surface area contributed by atoms with Crippen LogP contribution in [0, 0.1) is 16.0 Å². The first-order valence-corrected chi connectivity index (χ1v) is 6.42. The van der Waals surface area contributed by atoms with Gasteiger partial charge in [0.15, 0.2) is 0 Å². The molecule has 114 valence electrons. The van der Waals surface area contributed by atoms with Gasteiger partial charge in [-0.05, 0) is 26.8 Å². The number of hydrogen-bond donors (Lipinski definition) is 1. The first-order chi connectivity index (χ1) is 9.62. The molecule has 1 aliphatic rings. The Hall–Kier alpha value is -2.38. The van der Waals surface area contributed by atoms with Gasteiger partial charge >= 0.3 is 11.9 Å². The molecule has 0 aromatic carbocycles. The lowest BCUT2D eigenvalue weighted by molar-refractivity contribution is -0.402. The summed E-state index contributed by atoms with van der Waals surface area (Å²) < 4.78 is 5.13. The first kappa shape index (κ1) is 15.0. The average Bonchev–Trinajstić information content (AvgIpc) is 2.90. The highest BCUT2D eigenvalue weighted by molar-refractivity contribution is 5.87. The molecular weight excluding hydrogens is 280 g/mol. The lowest BCUT2D eigenvalue weighted by atomic mass is 9.96. The number of carboxylic acid groups (broad SMARTS) is 1. The molecular formula is C13H16N2O6. The Kier molecular flexibility index (Phi) is 3.48. The van der Waals surface area contributed by atoms with E-state index in [2.05, 4.69) is 0 Å². The predicted octanol–water partition coefficient (Wildman–Crippen LogP) is 1.96. The minimum atomic E-state index is -1.13. The second-order valence-corrected chi connectivity index (χ2v) is 5.96. The summed E-state index contributed by atoms with van der Waals surface area (Å²) in [6.45, 7) is 5.33. The molecule has 0 radical (unpaired) electrons. The summed E-state index contributed by atoms with van der Waals surface area (Å²) in [6.07, 6.45) is -0.147. The molecule has 1 aromatic rings. The third-order valence-electron chi connectivity index (χ3n) is 3.45. The van der Waals surface area contributed by atoms with Crippen LogP contribution in [0.1, 0.15) is 39.0 Å². The van der Waals surface area contributed by atoms with Crippen molar-refractivity contribution in [1.82, 2.24) is 4.90 Å². The smallest absolute Gasteiger partial charge is 0.433 e. The summed E-state index contributed by atoms with van der Waals surface area (Å²) in [4.78, 5) is 35.0. The van der Waals surface area contributed by atoms with E-state index in [1.807, 2.05) is 0 Å². The van der Waals surface area contributed by atoms with Gasteiger partial charge in [-0.25, -0.2) is 0 Å². The van der Waals surface area contributed by atoms with Gasteiger partial charge in [-0.3, -0.25) is 19.7 Å². The van der Waals surface area contributed by atoms with Crippen molar-refractivity contribution in [3.8, 4) is 0 Å². The predicted molar refractivity (Wildman–Crippen MR) is 70.4 cm³/mol. The van der Waals surface area contributed by atoms with Crippen LogP contribution in [0.25, 0.3) is 0 Å². The molecule has 0 saturated carbocycles. The molecule has 8 nitrogen and oxygen atoms in total. The molecule has 8 heteroatoms. The Morgan fingerprint density at radius 3 is 2.52 bits per heavy atom. The number of aliphatic carboxylic acids is 1. The van der Waals surface area contributed by atoms with Crippen molar-refractivity contribution in [2.45, 2.75) is 38.8 Å². The van der Waals surface area contributed by atoms with E-state index < -0.39 is 34.3 Å². The molecule has 1 amide bonds. The summed E-state index contributed by atoms with van der Waals surface area (Å²) in [5, 5.41) is 20.0. The lowest BCUT2D eigenvalue weighted by Crippen LogP contribution is -2.44. The highest BCUT2D eigenvalue weighted by Gasteiger charge is 2.50. The normalized spacial score (nSPS) is 22.6. The molecule has 1 N–H and O–H groups in total. The highest BCUT2D eigenvalue weighted by Crippen LogP contribution is 2.43. The second-order valence-electron chi connectivity index (χ2n) is 5.96. The maximum atomic E-state index is 12.1. The molecule has 2 unspecified atom stereocenters. The van der Waals surface area contributed by atoms with Crippen LogP contribution >= 0.6 is 0 Å². The van der Waals surface area contributed by atoms with Crippen LogP contribution in [0.15, 0.2) is 16.5 Å². The Morgan fingerprint density at radius 1 is 1.48 bits per heavy atom. The summed E-state index contributed by atoms with van der Waals surface area (Å²) in [7, 11) is 0.